The number of anilines is 1. The summed E-state index contributed by atoms with van der Waals surface area (Å²) in [5.74, 6) is -1.02. The van der Waals surface area contributed by atoms with E-state index in [1.165, 1.54) is 6.26 Å². The molecule has 0 unspecified atom stereocenters. The minimum absolute atomic E-state index is 0.00220. The van der Waals surface area contributed by atoms with E-state index in [9.17, 15) is 18.0 Å². The number of fused-ring (bicyclic) bond motifs is 1. The van der Waals surface area contributed by atoms with Crippen LogP contribution in [0.3, 0.4) is 0 Å². The van der Waals surface area contributed by atoms with Gasteiger partial charge in [-0.05, 0) is 12.1 Å². The second-order valence-electron chi connectivity index (χ2n) is 4.67. The molecule has 3 rings (SSSR count). The number of aromatic nitrogens is 2. The van der Waals surface area contributed by atoms with E-state index < -0.39 is 29.9 Å². The summed E-state index contributed by atoms with van der Waals surface area (Å²) in [6.07, 6.45) is -3.50. The predicted octanol–water partition coefficient (Wildman–Crippen LogP) is 2.83. The van der Waals surface area contributed by atoms with Gasteiger partial charge in [0.25, 0.3) is 0 Å². The van der Waals surface area contributed by atoms with E-state index in [0.29, 0.717) is 10.4 Å². The highest BCUT2D eigenvalue weighted by Crippen LogP contribution is 2.43. The predicted molar refractivity (Wildman–Crippen MR) is 64.0 cm³/mol. The molecule has 2 atom stereocenters. The first-order chi connectivity index (χ1) is 9.86. The Labute approximate surface area is 116 Å². The summed E-state index contributed by atoms with van der Waals surface area (Å²) in [6.45, 7) is 0. The van der Waals surface area contributed by atoms with Gasteiger partial charge < -0.3 is 14.8 Å². The Morgan fingerprint density at radius 2 is 2.29 bits per heavy atom. The van der Waals surface area contributed by atoms with E-state index >= 15 is 0 Å². The van der Waals surface area contributed by atoms with Crippen molar-refractivity contribution < 1.29 is 27.5 Å². The summed E-state index contributed by atoms with van der Waals surface area (Å²) in [5.41, 5.74) is -0.438. The van der Waals surface area contributed by atoms with Gasteiger partial charge in [0.2, 0.25) is 0 Å². The summed E-state index contributed by atoms with van der Waals surface area (Å²) in [5, 5.41) is 15.2. The molecular formula is C12H10F3N3O3. The number of furan rings is 1. The van der Waals surface area contributed by atoms with Crippen molar-refractivity contribution in [3.63, 3.8) is 0 Å². The molecule has 0 radical (unpaired) electrons. The normalized spacial score (nSPS) is 21.7. The number of aromatic carboxylic acids is 1. The van der Waals surface area contributed by atoms with Crippen LogP contribution in [0.15, 0.2) is 28.9 Å². The number of carbonyl (C=O) groups is 1. The van der Waals surface area contributed by atoms with Crippen LogP contribution in [0.5, 0.6) is 0 Å². The second-order valence-corrected chi connectivity index (χ2v) is 4.67. The maximum atomic E-state index is 13.2. The minimum atomic E-state index is -4.54. The zero-order chi connectivity index (χ0) is 15.2. The molecule has 0 fully saturated rings. The van der Waals surface area contributed by atoms with Crippen molar-refractivity contribution in [2.75, 3.05) is 5.32 Å². The van der Waals surface area contributed by atoms with Crippen molar-refractivity contribution in [3.05, 3.63) is 35.9 Å². The van der Waals surface area contributed by atoms with Crippen LogP contribution in [0.1, 0.15) is 34.8 Å². The van der Waals surface area contributed by atoms with Gasteiger partial charge in [0.1, 0.15) is 11.6 Å². The smallest absolute Gasteiger partial charge is 0.410 e. The molecule has 2 N–H and O–H groups in total. The number of carboxylic acids is 1. The lowest BCUT2D eigenvalue weighted by molar-refractivity contribution is -0.174. The third kappa shape index (κ3) is 2.34. The molecule has 0 aromatic carbocycles. The van der Waals surface area contributed by atoms with Crippen molar-refractivity contribution in [3.8, 4) is 0 Å². The van der Waals surface area contributed by atoms with E-state index in [-0.39, 0.29) is 12.2 Å². The number of hydrogen-bond donors (Lipinski definition) is 2. The highest BCUT2D eigenvalue weighted by molar-refractivity contribution is 5.86. The van der Waals surface area contributed by atoms with E-state index in [4.69, 9.17) is 9.52 Å². The lowest BCUT2D eigenvalue weighted by Crippen LogP contribution is -2.35. The SMILES string of the molecule is O=C(O)c1cc2n(n1)[C@H](C(F)(F)F)C[C@H](c1ccco1)N2. The lowest BCUT2D eigenvalue weighted by atomic mass is 10.0. The molecule has 9 heteroatoms. The number of nitrogens with zero attached hydrogens (tertiary/aromatic N) is 2. The average Bonchev–Trinajstić information content (AvgIpc) is 3.05. The Balaban J connectivity index is 2.03. The van der Waals surface area contributed by atoms with Crippen molar-refractivity contribution in [1.29, 1.82) is 0 Å². The number of halogens is 3. The molecule has 0 amide bonds. The van der Waals surface area contributed by atoms with Crippen molar-refractivity contribution in [2.24, 2.45) is 0 Å². The van der Waals surface area contributed by atoms with Gasteiger partial charge in [-0.15, -0.1) is 0 Å². The molecule has 3 heterocycles. The van der Waals surface area contributed by atoms with Gasteiger partial charge in [-0.2, -0.15) is 18.3 Å². The molecule has 1 aliphatic heterocycles. The second kappa shape index (κ2) is 4.54. The van der Waals surface area contributed by atoms with Gasteiger partial charge in [-0.25, -0.2) is 9.48 Å². The summed E-state index contributed by atoms with van der Waals surface area (Å²) >= 11 is 0. The molecule has 2 aromatic heterocycles. The first-order valence-corrected chi connectivity index (χ1v) is 6.06. The van der Waals surface area contributed by atoms with Crippen LogP contribution in [-0.4, -0.2) is 27.0 Å². The molecule has 0 saturated carbocycles. The molecule has 112 valence electrons. The van der Waals surface area contributed by atoms with Gasteiger partial charge in [0.05, 0.1) is 12.3 Å². The Morgan fingerprint density at radius 3 is 2.86 bits per heavy atom. The van der Waals surface area contributed by atoms with Gasteiger partial charge in [-0.3, -0.25) is 0 Å². The molecule has 0 saturated heterocycles. The summed E-state index contributed by atoms with van der Waals surface area (Å²) in [6, 6.07) is 1.62. The summed E-state index contributed by atoms with van der Waals surface area (Å²) < 4.78 is 45.3. The lowest BCUT2D eigenvalue weighted by Gasteiger charge is -2.32. The van der Waals surface area contributed by atoms with Gasteiger partial charge in [0.15, 0.2) is 11.7 Å². The summed E-state index contributed by atoms with van der Waals surface area (Å²) in [7, 11) is 0. The molecule has 21 heavy (non-hydrogen) atoms. The molecule has 1 aliphatic rings. The molecular weight excluding hydrogens is 291 g/mol. The number of hydrogen-bond acceptors (Lipinski definition) is 4. The summed E-state index contributed by atoms with van der Waals surface area (Å²) in [4.78, 5) is 10.9. The first-order valence-electron chi connectivity index (χ1n) is 6.06. The van der Waals surface area contributed by atoms with Gasteiger partial charge >= 0.3 is 12.1 Å². The standard InChI is InChI=1S/C12H10F3N3O3/c13-12(14,15)9-4-6(8-2-1-3-21-8)16-10-5-7(11(19)20)17-18(9)10/h1-3,5-6,9,16H,4H2,(H,19,20)/t6-,9+/m1/s1. The Morgan fingerprint density at radius 1 is 1.52 bits per heavy atom. The van der Waals surface area contributed by atoms with Crippen LogP contribution < -0.4 is 5.32 Å². The van der Waals surface area contributed by atoms with Crippen LogP contribution in [-0.2, 0) is 0 Å². The van der Waals surface area contributed by atoms with Crippen LogP contribution in [0.4, 0.5) is 19.0 Å². The molecule has 0 spiro atoms. The molecule has 0 bridgehead atoms. The van der Waals surface area contributed by atoms with Crippen LogP contribution in [0.25, 0.3) is 0 Å². The number of alkyl halides is 3. The van der Waals surface area contributed by atoms with Crippen LogP contribution in [0.2, 0.25) is 0 Å². The molecule has 6 nitrogen and oxygen atoms in total. The maximum Gasteiger partial charge on any atom is 0.410 e. The highest BCUT2D eigenvalue weighted by Gasteiger charge is 2.47. The number of nitrogens with one attached hydrogen (secondary N) is 1. The van der Waals surface area contributed by atoms with E-state index in [0.717, 1.165) is 6.07 Å². The Kier molecular flexibility index (Phi) is 2.92. The van der Waals surface area contributed by atoms with Gasteiger partial charge in [0, 0.05) is 12.5 Å². The van der Waals surface area contributed by atoms with E-state index in [2.05, 4.69) is 10.4 Å². The third-order valence-corrected chi connectivity index (χ3v) is 3.30. The highest BCUT2D eigenvalue weighted by atomic mass is 19.4. The van der Waals surface area contributed by atoms with Crippen molar-refractivity contribution in [1.82, 2.24) is 9.78 Å². The largest absolute Gasteiger partial charge is 0.476 e. The van der Waals surface area contributed by atoms with E-state index in [1.807, 2.05) is 0 Å². The van der Waals surface area contributed by atoms with Gasteiger partial charge in [-0.1, -0.05) is 0 Å². The number of rotatable bonds is 2. The van der Waals surface area contributed by atoms with Crippen molar-refractivity contribution in [2.45, 2.75) is 24.7 Å². The fourth-order valence-electron chi connectivity index (χ4n) is 2.35. The number of carboxylic acid groups (broad SMARTS) is 1. The average molecular weight is 301 g/mol. The fraction of sp³-hybridized carbons (Fsp3) is 0.333. The van der Waals surface area contributed by atoms with Crippen LogP contribution in [0, 0.1) is 0 Å². The maximum absolute atomic E-state index is 13.2. The van der Waals surface area contributed by atoms with Crippen molar-refractivity contribution >= 4 is 11.8 Å². The monoisotopic (exact) mass is 301 g/mol. The Hall–Kier alpha value is -2.45. The topological polar surface area (TPSA) is 80.3 Å². The minimum Gasteiger partial charge on any atom is -0.476 e. The fourth-order valence-corrected chi connectivity index (χ4v) is 2.35. The molecule has 0 aliphatic carbocycles. The quantitative estimate of drug-likeness (QED) is 0.891. The van der Waals surface area contributed by atoms with Crippen LogP contribution >= 0.6 is 0 Å². The zero-order valence-electron chi connectivity index (χ0n) is 10.5. The Bertz CT molecular complexity index is 663. The first kappa shape index (κ1) is 13.5. The zero-order valence-corrected chi connectivity index (χ0v) is 10.5. The third-order valence-electron chi connectivity index (χ3n) is 3.30. The van der Waals surface area contributed by atoms with E-state index in [1.54, 1.807) is 12.1 Å². The molecule has 2 aromatic rings.